The van der Waals surface area contributed by atoms with Crippen molar-refractivity contribution in [3.8, 4) is 0 Å². The van der Waals surface area contributed by atoms with E-state index in [0.717, 1.165) is 17.8 Å². The van der Waals surface area contributed by atoms with Crippen molar-refractivity contribution in [2.45, 2.75) is 70.6 Å². The van der Waals surface area contributed by atoms with E-state index in [2.05, 4.69) is 61.0 Å². The van der Waals surface area contributed by atoms with Crippen LogP contribution in [-0.2, 0) is 84.7 Å². The van der Waals surface area contributed by atoms with Crippen molar-refractivity contribution in [2.75, 3.05) is 0 Å². The Morgan fingerprint density at radius 3 is 1.35 bits per heavy atom. The standard InChI is InChI=1S/C27H34.2Rb.2Y/c1-3-7-22(8-4-1)19-24-11-15-26(16-12-24)21-27-17-13-25(14-18-27)20-23-9-5-2-6-10-23;;;;/h1,5-6,9-12,15-16,22,25,27H,3-4,7-8,13-14,17-21H2;;;;/q-2;;;;. The summed E-state index contributed by atoms with van der Waals surface area (Å²) in [7, 11) is 0. The summed E-state index contributed by atoms with van der Waals surface area (Å²) in [4.78, 5) is 0. The van der Waals surface area contributed by atoms with Crippen molar-refractivity contribution in [1.82, 2.24) is 0 Å². The molecular weight excluding hydrogens is 673 g/mol. The van der Waals surface area contributed by atoms with E-state index in [1.54, 1.807) is 11.1 Å². The van der Waals surface area contributed by atoms with Gasteiger partial charge >= 0.3 is 0 Å². The molecule has 31 heavy (non-hydrogen) atoms. The van der Waals surface area contributed by atoms with Gasteiger partial charge in [0.15, 0.2) is 0 Å². The Morgan fingerprint density at radius 2 is 0.935 bits per heavy atom. The molecule has 2 fully saturated rings. The molecule has 0 nitrogen and oxygen atoms in total. The predicted molar refractivity (Wildman–Crippen MR) is 126 cm³/mol. The number of benzene rings is 2. The van der Waals surface area contributed by atoms with Gasteiger partial charge in [0, 0.05) is 182 Å². The Kier molecular flexibility index (Phi) is 23.0. The minimum absolute atomic E-state index is 0. The van der Waals surface area contributed by atoms with Crippen LogP contribution in [0.1, 0.15) is 68.1 Å². The zero-order chi connectivity index (χ0) is 18.3. The molecule has 4 heteroatoms. The van der Waals surface area contributed by atoms with Crippen LogP contribution in [0, 0.1) is 30.2 Å². The molecule has 2 aromatic rings. The fourth-order valence-electron chi connectivity index (χ4n) is 5.21. The largest absolute Gasteiger partial charge is 0.328 e. The first-order valence-electron chi connectivity index (χ1n) is 11.2. The zero-order valence-electron chi connectivity index (χ0n) is 19.9. The van der Waals surface area contributed by atoms with Gasteiger partial charge < -0.3 is 6.42 Å². The minimum atomic E-state index is 0. The second-order valence-corrected chi connectivity index (χ2v) is 9.03. The summed E-state index contributed by atoms with van der Waals surface area (Å²) < 4.78 is 0. The SMILES string of the molecule is [Rb].[Rb].[Y].[Y].[c-]1ccc(CC2CCC(Cc3ccc(CC4CC[CH-]CC4)cc3)CC2)cc1. The molecule has 0 saturated heterocycles. The molecule has 2 aliphatic rings. The molecule has 152 valence electrons. The quantitative estimate of drug-likeness (QED) is 0.312. The molecule has 2 aliphatic carbocycles. The molecule has 0 unspecified atom stereocenters. The van der Waals surface area contributed by atoms with E-state index >= 15 is 0 Å². The first-order valence-corrected chi connectivity index (χ1v) is 11.2. The Morgan fingerprint density at radius 1 is 0.581 bits per heavy atom. The molecule has 0 bridgehead atoms. The summed E-state index contributed by atoms with van der Waals surface area (Å²) in [6.07, 6.45) is 17.4. The van der Waals surface area contributed by atoms with Crippen LogP contribution in [0.4, 0.5) is 0 Å². The predicted octanol–water partition coefficient (Wildman–Crippen LogP) is 6.25. The molecule has 4 rings (SSSR count). The van der Waals surface area contributed by atoms with E-state index < -0.39 is 0 Å². The third kappa shape index (κ3) is 13.1. The fraction of sp³-hybridized carbons (Fsp3) is 0.519. The van der Waals surface area contributed by atoms with E-state index in [1.807, 2.05) is 0 Å². The van der Waals surface area contributed by atoms with Crippen LogP contribution < -0.4 is 0 Å². The van der Waals surface area contributed by atoms with E-state index in [-0.39, 0.29) is 182 Å². The first-order chi connectivity index (χ1) is 13.3. The van der Waals surface area contributed by atoms with Crippen molar-refractivity contribution in [2.24, 2.45) is 17.8 Å². The number of hydrogen-bond donors (Lipinski definition) is 0. The van der Waals surface area contributed by atoms with Crippen LogP contribution in [0.2, 0.25) is 0 Å². The van der Waals surface area contributed by atoms with E-state index in [0.29, 0.717) is 0 Å². The van der Waals surface area contributed by atoms with Gasteiger partial charge in [-0.2, -0.15) is 48.7 Å². The van der Waals surface area contributed by atoms with Crippen LogP contribution in [0.3, 0.4) is 0 Å². The monoisotopic (exact) mass is 706 g/mol. The molecule has 2 saturated carbocycles. The topological polar surface area (TPSA) is 0 Å². The summed E-state index contributed by atoms with van der Waals surface area (Å²) in [5.74, 6) is 2.70. The van der Waals surface area contributed by atoms with E-state index in [4.69, 9.17) is 0 Å². The average Bonchev–Trinajstić information content (AvgIpc) is 2.73. The van der Waals surface area contributed by atoms with Gasteiger partial charge in [0.05, 0.1) is 0 Å². The molecule has 0 heterocycles. The third-order valence-corrected chi connectivity index (χ3v) is 6.91. The summed E-state index contributed by atoms with van der Waals surface area (Å²) in [5.41, 5.74) is 4.59. The normalized spacial score (nSPS) is 20.9. The maximum absolute atomic E-state index is 3.13. The maximum Gasteiger partial charge on any atom is 0 e. The van der Waals surface area contributed by atoms with Crippen LogP contribution in [0.5, 0.6) is 0 Å². The maximum atomic E-state index is 3.13. The minimum Gasteiger partial charge on any atom is -0.328 e. The van der Waals surface area contributed by atoms with Crippen molar-refractivity contribution >= 4 is 116 Å². The van der Waals surface area contributed by atoms with Crippen LogP contribution in [-0.4, -0.2) is 116 Å². The molecule has 0 amide bonds. The van der Waals surface area contributed by atoms with Gasteiger partial charge in [-0.05, 0) is 73.8 Å². The smallest absolute Gasteiger partial charge is 0 e. The van der Waals surface area contributed by atoms with Crippen molar-refractivity contribution in [3.05, 3.63) is 77.7 Å². The summed E-state index contributed by atoms with van der Waals surface area (Å²) >= 11 is 0. The van der Waals surface area contributed by atoms with Gasteiger partial charge in [0.2, 0.25) is 0 Å². The van der Waals surface area contributed by atoms with Crippen molar-refractivity contribution < 1.29 is 65.4 Å². The van der Waals surface area contributed by atoms with Crippen LogP contribution in [0.15, 0.2) is 48.5 Å². The summed E-state index contributed by atoms with van der Waals surface area (Å²) in [6, 6.07) is 21.3. The van der Waals surface area contributed by atoms with E-state index in [9.17, 15) is 0 Å². The Bertz CT molecular complexity index is 676. The van der Waals surface area contributed by atoms with Gasteiger partial charge in [0.1, 0.15) is 0 Å². The number of rotatable bonds is 6. The Labute approximate surface area is 339 Å². The van der Waals surface area contributed by atoms with Gasteiger partial charge in [-0.3, -0.25) is 0 Å². The first kappa shape index (κ1) is 35.3. The molecular formula is C27H34Rb2Y2-2. The average molecular weight is 707 g/mol. The number of hydrogen-bond acceptors (Lipinski definition) is 0. The van der Waals surface area contributed by atoms with Gasteiger partial charge in [-0.1, -0.05) is 37.1 Å². The molecule has 0 atom stereocenters. The second-order valence-electron chi connectivity index (χ2n) is 9.03. The van der Waals surface area contributed by atoms with Crippen LogP contribution >= 0.6 is 0 Å². The third-order valence-electron chi connectivity index (χ3n) is 6.91. The Hall–Kier alpha value is 4.26. The molecule has 0 N–H and O–H groups in total. The second kappa shape index (κ2) is 20.2. The van der Waals surface area contributed by atoms with Gasteiger partial charge in [-0.15, -0.1) is 0 Å². The van der Waals surface area contributed by atoms with Crippen molar-refractivity contribution in [1.29, 1.82) is 0 Å². The molecule has 2 aromatic carbocycles. The molecule has 0 aliphatic heterocycles. The molecule has 0 aromatic heterocycles. The summed E-state index contributed by atoms with van der Waals surface area (Å²) in [5, 5.41) is 0. The molecule has 4 radical (unpaired) electrons. The van der Waals surface area contributed by atoms with Gasteiger partial charge in [0.25, 0.3) is 0 Å². The fourth-order valence-corrected chi connectivity index (χ4v) is 5.21. The van der Waals surface area contributed by atoms with Gasteiger partial charge in [-0.25, -0.2) is 0 Å². The molecule has 0 spiro atoms. The zero-order valence-corrected chi connectivity index (χ0v) is 35.4. The van der Waals surface area contributed by atoms with Crippen molar-refractivity contribution in [3.63, 3.8) is 0 Å². The van der Waals surface area contributed by atoms with E-state index in [1.165, 1.54) is 76.2 Å². The van der Waals surface area contributed by atoms with Crippen LogP contribution in [0.25, 0.3) is 0 Å². The Balaban J connectivity index is 0.00000225. The summed E-state index contributed by atoms with van der Waals surface area (Å²) in [6.45, 7) is 0.